The zero-order valence-corrected chi connectivity index (χ0v) is 10.9. The van der Waals surface area contributed by atoms with Gasteiger partial charge >= 0.3 is 5.97 Å². The molecule has 110 valence electrons. The van der Waals surface area contributed by atoms with Crippen molar-refractivity contribution in [1.29, 1.82) is 0 Å². The van der Waals surface area contributed by atoms with Crippen LogP contribution in [0, 0.1) is 25.6 Å². The lowest BCUT2D eigenvalue weighted by Crippen LogP contribution is -2.30. The van der Waals surface area contributed by atoms with Gasteiger partial charge in [-0.2, -0.15) is 0 Å². The van der Waals surface area contributed by atoms with E-state index >= 15 is 0 Å². The highest BCUT2D eigenvalue weighted by atomic mass is 17.0. The van der Waals surface area contributed by atoms with Crippen LogP contribution in [0.1, 0.15) is 26.7 Å². The van der Waals surface area contributed by atoms with Crippen molar-refractivity contribution in [2.45, 2.75) is 32.8 Å². The monoisotopic (exact) mass is 280 g/mol. The fourth-order valence-electron chi connectivity index (χ4n) is 1.33. The predicted octanol–water partition coefficient (Wildman–Crippen LogP) is 0.751. The average molecular weight is 280 g/mol. The summed E-state index contributed by atoms with van der Waals surface area (Å²) in [5.74, 6) is -0.484. The molecule has 0 bridgehead atoms. The number of rotatable bonds is 9. The number of carbonyl (C=O) groups is 1. The highest BCUT2D eigenvalue weighted by molar-refractivity contribution is 5.75. The first kappa shape index (κ1) is 16.9. The number of carbonyl (C=O) groups excluding carboxylic acids is 1. The van der Waals surface area contributed by atoms with E-state index in [9.17, 15) is 25.0 Å². The standard InChI is InChI=1S/C9H16N2O8/c1-9(2,8(12)17-3)5-4-7(19-11(15)16)6-18-10(13)14/h7H,4-6H2,1-3H3. The molecule has 0 saturated carbocycles. The molecule has 0 spiro atoms. The van der Waals surface area contributed by atoms with Crippen LogP contribution in [0.25, 0.3) is 0 Å². The minimum atomic E-state index is -1.12. The molecule has 0 amide bonds. The molecule has 0 radical (unpaired) electrons. The molecule has 0 aliphatic heterocycles. The zero-order chi connectivity index (χ0) is 15.1. The maximum Gasteiger partial charge on any atom is 0.311 e. The predicted molar refractivity (Wildman–Crippen MR) is 59.8 cm³/mol. The average Bonchev–Trinajstić information content (AvgIpc) is 2.30. The molecular weight excluding hydrogens is 264 g/mol. The Morgan fingerprint density at radius 1 is 1.26 bits per heavy atom. The van der Waals surface area contributed by atoms with Crippen molar-refractivity contribution >= 4 is 5.97 Å². The summed E-state index contributed by atoms with van der Waals surface area (Å²) < 4.78 is 4.57. The van der Waals surface area contributed by atoms with Crippen LogP contribution in [-0.2, 0) is 19.2 Å². The first-order valence-corrected chi connectivity index (χ1v) is 5.36. The molecule has 1 atom stereocenters. The van der Waals surface area contributed by atoms with Crippen LogP contribution in [0.5, 0.6) is 0 Å². The second-order valence-corrected chi connectivity index (χ2v) is 4.38. The van der Waals surface area contributed by atoms with E-state index < -0.39 is 34.3 Å². The molecule has 0 N–H and O–H groups in total. The van der Waals surface area contributed by atoms with Gasteiger partial charge in [-0.15, -0.1) is 20.2 Å². The van der Waals surface area contributed by atoms with E-state index in [0.29, 0.717) is 0 Å². The van der Waals surface area contributed by atoms with Crippen LogP contribution in [0.3, 0.4) is 0 Å². The van der Waals surface area contributed by atoms with Gasteiger partial charge in [0.2, 0.25) is 0 Å². The molecule has 10 heteroatoms. The van der Waals surface area contributed by atoms with Gasteiger partial charge in [0, 0.05) is 0 Å². The Balaban J connectivity index is 4.43. The van der Waals surface area contributed by atoms with Crippen LogP contribution in [0.2, 0.25) is 0 Å². The third-order valence-corrected chi connectivity index (χ3v) is 2.43. The molecule has 10 nitrogen and oxygen atoms in total. The van der Waals surface area contributed by atoms with Gasteiger partial charge in [-0.3, -0.25) is 4.79 Å². The molecule has 0 aromatic heterocycles. The van der Waals surface area contributed by atoms with Crippen LogP contribution in [0.15, 0.2) is 0 Å². The molecule has 0 aliphatic rings. The zero-order valence-electron chi connectivity index (χ0n) is 10.9. The Hall–Kier alpha value is -2.13. The van der Waals surface area contributed by atoms with Crippen molar-refractivity contribution in [2.24, 2.45) is 5.41 Å². The Morgan fingerprint density at radius 3 is 2.26 bits per heavy atom. The van der Waals surface area contributed by atoms with Crippen LogP contribution in [-0.4, -0.2) is 36.0 Å². The molecule has 0 aliphatic carbocycles. The third-order valence-electron chi connectivity index (χ3n) is 2.43. The SMILES string of the molecule is COC(=O)C(C)(C)CCC(CO[N+](=O)[O-])O[N+](=O)[O-]. The summed E-state index contributed by atoms with van der Waals surface area (Å²) in [6, 6.07) is 0. The van der Waals surface area contributed by atoms with Crippen LogP contribution >= 0.6 is 0 Å². The number of methoxy groups -OCH3 is 1. The van der Waals surface area contributed by atoms with E-state index in [1.54, 1.807) is 13.8 Å². The van der Waals surface area contributed by atoms with E-state index in [2.05, 4.69) is 14.4 Å². The van der Waals surface area contributed by atoms with Crippen LogP contribution < -0.4 is 0 Å². The second kappa shape index (κ2) is 7.34. The fourth-order valence-corrected chi connectivity index (χ4v) is 1.33. The van der Waals surface area contributed by atoms with Gasteiger partial charge in [0.25, 0.3) is 10.2 Å². The van der Waals surface area contributed by atoms with Gasteiger partial charge < -0.3 is 14.4 Å². The summed E-state index contributed by atoms with van der Waals surface area (Å²) in [5.41, 5.74) is -0.873. The minimum absolute atomic E-state index is 0.0386. The Labute approximate surface area is 108 Å². The topological polar surface area (TPSA) is 131 Å². The first-order chi connectivity index (χ1) is 8.69. The maximum absolute atomic E-state index is 11.4. The first-order valence-electron chi connectivity index (χ1n) is 5.36. The lowest BCUT2D eigenvalue weighted by Gasteiger charge is -2.23. The molecule has 0 aromatic rings. The van der Waals surface area contributed by atoms with Crippen molar-refractivity contribution in [3.63, 3.8) is 0 Å². The van der Waals surface area contributed by atoms with Crippen molar-refractivity contribution in [3.8, 4) is 0 Å². The summed E-state index contributed by atoms with van der Waals surface area (Å²) in [7, 11) is 1.23. The van der Waals surface area contributed by atoms with E-state index in [1.165, 1.54) is 7.11 Å². The van der Waals surface area contributed by atoms with Gasteiger partial charge in [0.15, 0.2) is 0 Å². The largest absolute Gasteiger partial charge is 0.469 e. The van der Waals surface area contributed by atoms with Crippen molar-refractivity contribution in [2.75, 3.05) is 13.7 Å². The van der Waals surface area contributed by atoms with Crippen LogP contribution in [0.4, 0.5) is 0 Å². The van der Waals surface area contributed by atoms with E-state index in [-0.39, 0.29) is 12.8 Å². The summed E-state index contributed by atoms with van der Waals surface area (Å²) in [4.78, 5) is 39.9. The summed E-state index contributed by atoms with van der Waals surface area (Å²) in [6.07, 6.45) is -0.889. The fraction of sp³-hybridized carbons (Fsp3) is 0.889. The molecule has 0 heterocycles. The molecule has 19 heavy (non-hydrogen) atoms. The smallest absolute Gasteiger partial charge is 0.311 e. The van der Waals surface area contributed by atoms with E-state index in [0.717, 1.165) is 0 Å². The van der Waals surface area contributed by atoms with Gasteiger partial charge in [-0.1, -0.05) is 0 Å². The molecular formula is C9H16N2O8. The number of esters is 1. The minimum Gasteiger partial charge on any atom is -0.469 e. The summed E-state index contributed by atoms with van der Waals surface area (Å²) in [6.45, 7) is 2.61. The molecule has 0 rings (SSSR count). The summed E-state index contributed by atoms with van der Waals surface area (Å²) in [5, 5.41) is 18.1. The molecule has 0 saturated heterocycles. The summed E-state index contributed by atoms with van der Waals surface area (Å²) >= 11 is 0. The highest BCUT2D eigenvalue weighted by Gasteiger charge is 2.30. The quantitative estimate of drug-likeness (QED) is 0.343. The van der Waals surface area contributed by atoms with Crippen molar-refractivity contribution in [3.05, 3.63) is 20.2 Å². The molecule has 1 unspecified atom stereocenters. The Bertz CT molecular complexity index is 343. The van der Waals surface area contributed by atoms with E-state index in [4.69, 9.17) is 0 Å². The van der Waals surface area contributed by atoms with Gasteiger partial charge in [-0.05, 0) is 26.7 Å². The van der Waals surface area contributed by atoms with E-state index in [1.807, 2.05) is 0 Å². The normalized spacial score (nSPS) is 12.4. The number of nitrogens with zero attached hydrogens (tertiary/aromatic N) is 2. The number of hydrogen-bond acceptors (Lipinski definition) is 8. The lowest BCUT2D eigenvalue weighted by atomic mass is 9.87. The number of hydrogen-bond donors (Lipinski definition) is 0. The van der Waals surface area contributed by atoms with Gasteiger partial charge in [0.1, 0.15) is 12.7 Å². The van der Waals surface area contributed by atoms with Gasteiger partial charge in [0.05, 0.1) is 12.5 Å². The molecule has 0 aromatic carbocycles. The Morgan fingerprint density at radius 2 is 1.84 bits per heavy atom. The van der Waals surface area contributed by atoms with Crippen molar-refractivity contribution < 1.29 is 29.4 Å². The maximum atomic E-state index is 11.4. The van der Waals surface area contributed by atoms with Crippen molar-refractivity contribution in [1.82, 2.24) is 0 Å². The van der Waals surface area contributed by atoms with Gasteiger partial charge in [-0.25, -0.2) is 0 Å². The third kappa shape index (κ3) is 7.01. The second-order valence-electron chi connectivity index (χ2n) is 4.38. The number of ether oxygens (including phenoxy) is 1. The Kier molecular flexibility index (Phi) is 6.51. The highest BCUT2D eigenvalue weighted by Crippen LogP contribution is 2.25. The molecule has 0 fully saturated rings. The lowest BCUT2D eigenvalue weighted by molar-refractivity contribution is -0.790.